The average molecular weight is 288 g/mol. The smallest absolute Gasteiger partial charge is 0.252 e. The molecule has 0 fully saturated rings. The third kappa shape index (κ3) is 2.63. The topological polar surface area (TPSA) is 68.0 Å². The Bertz CT molecular complexity index is 454. The Morgan fingerprint density at radius 1 is 1.67 bits per heavy atom. The molecule has 5 nitrogen and oxygen atoms in total. The molecule has 0 bridgehead atoms. The average Bonchev–Trinajstić information content (AvgIpc) is 2.84. The van der Waals surface area contributed by atoms with Gasteiger partial charge in [0.15, 0.2) is 5.82 Å². The van der Waals surface area contributed by atoms with Crippen LogP contribution in [-0.4, -0.2) is 16.0 Å². The van der Waals surface area contributed by atoms with Gasteiger partial charge in [-0.05, 0) is 22.0 Å². The number of nitrogens with one attached hydrogen (secondary N) is 1. The number of carbonyl (C=O) groups excluding carboxylic acids is 1. The van der Waals surface area contributed by atoms with Crippen molar-refractivity contribution in [3.05, 3.63) is 33.0 Å². The van der Waals surface area contributed by atoms with Crippen LogP contribution in [0.4, 0.5) is 0 Å². The molecule has 0 spiro atoms. The number of hydrogen-bond acceptors (Lipinski definition) is 5. The molecule has 0 aromatic carbocycles. The largest absolute Gasteiger partial charge is 0.345 e. The van der Waals surface area contributed by atoms with Gasteiger partial charge in [0.25, 0.3) is 5.91 Å². The van der Waals surface area contributed by atoms with Crippen LogP contribution in [0.5, 0.6) is 0 Å². The van der Waals surface area contributed by atoms with Gasteiger partial charge in [0.05, 0.1) is 15.9 Å². The van der Waals surface area contributed by atoms with E-state index in [1.807, 2.05) is 0 Å². The van der Waals surface area contributed by atoms with Gasteiger partial charge >= 0.3 is 0 Å². The van der Waals surface area contributed by atoms with Crippen LogP contribution >= 0.6 is 27.3 Å². The fourth-order valence-electron chi connectivity index (χ4n) is 0.961. The van der Waals surface area contributed by atoms with E-state index in [1.165, 1.54) is 17.7 Å². The van der Waals surface area contributed by atoms with Gasteiger partial charge in [-0.1, -0.05) is 5.16 Å². The minimum absolute atomic E-state index is 0.151. The van der Waals surface area contributed by atoms with E-state index in [1.54, 1.807) is 11.4 Å². The van der Waals surface area contributed by atoms with Crippen LogP contribution in [0.3, 0.4) is 0 Å². The van der Waals surface area contributed by atoms with Crippen molar-refractivity contribution < 1.29 is 9.32 Å². The zero-order chi connectivity index (χ0) is 10.7. The second kappa shape index (κ2) is 4.54. The Hall–Kier alpha value is -1.21. The molecule has 0 saturated heterocycles. The van der Waals surface area contributed by atoms with Gasteiger partial charge in [0.1, 0.15) is 0 Å². The van der Waals surface area contributed by atoms with E-state index in [0.717, 1.165) is 3.79 Å². The first-order valence-electron chi connectivity index (χ1n) is 4.03. The van der Waals surface area contributed by atoms with Gasteiger partial charge in [-0.25, -0.2) is 0 Å². The van der Waals surface area contributed by atoms with Crippen LogP contribution in [0.2, 0.25) is 0 Å². The first-order valence-corrected chi connectivity index (χ1v) is 5.70. The summed E-state index contributed by atoms with van der Waals surface area (Å²) in [4.78, 5) is 15.3. The summed E-state index contributed by atoms with van der Waals surface area (Å²) in [5, 5.41) is 8.03. The molecule has 1 amide bonds. The first-order chi connectivity index (χ1) is 7.25. The van der Waals surface area contributed by atoms with E-state index >= 15 is 0 Å². The molecule has 2 rings (SSSR count). The quantitative estimate of drug-likeness (QED) is 0.935. The lowest BCUT2D eigenvalue weighted by Crippen LogP contribution is -2.22. The monoisotopic (exact) mass is 287 g/mol. The number of nitrogens with zero attached hydrogens (tertiary/aromatic N) is 2. The summed E-state index contributed by atoms with van der Waals surface area (Å²) in [7, 11) is 0. The standard InChI is InChI=1S/C8H6BrN3O2S/c9-6-1-5(3-15-6)8(13)10-2-7-11-4-14-12-7/h1,3-4H,2H2,(H,10,13). The SMILES string of the molecule is O=C(NCc1ncon1)c1csc(Br)c1. The molecule has 0 aliphatic heterocycles. The molecular weight excluding hydrogens is 282 g/mol. The van der Waals surface area contributed by atoms with Crippen molar-refractivity contribution in [3.8, 4) is 0 Å². The highest BCUT2D eigenvalue weighted by Crippen LogP contribution is 2.20. The highest BCUT2D eigenvalue weighted by Gasteiger charge is 2.08. The minimum Gasteiger partial charge on any atom is -0.345 e. The van der Waals surface area contributed by atoms with Gasteiger partial charge in [-0.2, -0.15) is 4.98 Å². The minimum atomic E-state index is -0.151. The summed E-state index contributed by atoms with van der Waals surface area (Å²) >= 11 is 4.75. The zero-order valence-electron chi connectivity index (χ0n) is 7.44. The van der Waals surface area contributed by atoms with Crippen molar-refractivity contribution in [1.82, 2.24) is 15.5 Å². The van der Waals surface area contributed by atoms with Gasteiger partial charge < -0.3 is 9.84 Å². The van der Waals surface area contributed by atoms with E-state index in [9.17, 15) is 4.79 Å². The summed E-state index contributed by atoms with van der Waals surface area (Å²) in [5.41, 5.74) is 0.621. The molecule has 0 atom stereocenters. The van der Waals surface area contributed by atoms with E-state index in [4.69, 9.17) is 0 Å². The van der Waals surface area contributed by atoms with Gasteiger partial charge in [-0.3, -0.25) is 4.79 Å². The maximum absolute atomic E-state index is 11.5. The van der Waals surface area contributed by atoms with E-state index < -0.39 is 0 Å². The molecule has 0 saturated carbocycles. The van der Waals surface area contributed by atoms with Crippen molar-refractivity contribution in [2.45, 2.75) is 6.54 Å². The normalized spacial score (nSPS) is 10.2. The number of rotatable bonds is 3. The highest BCUT2D eigenvalue weighted by molar-refractivity contribution is 9.11. The predicted octanol–water partition coefficient (Wildman–Crippen LogP) is 1.82. The Kier molecular flexibility index (Phi) is 3.12. The molecule has 0 unspecified atom stereocenters. The van der Waals surface area contributed by atoms with Crippen LogP contribution < -0.4 is 5.32 Å². The van der Waals surface area contributed by atoms with E-state index in [2.05, 4.69) is 35.9 Å². The van der Waals surface area contributed by atoms with Crippen molar-refractivity contribution in [3.63, 3.8) is 0 Å². The molecule has 1 N–H and O–H groups in total. The molecule has 0 aliphatic carbocycles. The second-order valence-corrected chi connectivity index (χ2v) is 4.96. The summed E-state index contributed by atoms with van der Waals surface area (Å²) in [6, 6.07) is 1.76. The Labute approximate surface area is 97.6 Å². The number of thiophene rings is 1. The number of aromatic nitrogens is 2. The third-order valence-corrected chi connectivity index (χ3v) is 3.15. The Balaban J connectivity index is 1.93. The number of amides is 1. The van der Waals surface area contributed by atoms with Crippen LogP contribution in [-0.2, 0) is 6.54 Å². The lowest BCUT2D eigenvalue weighted by atomic mass is 10.3. The van der Waals surface area contributed by atoms with Crippen LogP contribution in [0.15, 0.2) is 26.1 Å². The maximum atomic E-state index is 11.5. The Morgan fingerprint density at radius 3 is 3.13 bits per heavy atom. The predicted molar refractivity (Wildman–Crippen MR) is 57.5 cm³/mol. The first kappa shape index (κ1) is 10.3. The van der Waals surface area contributed by atoms with E-state index in [0.29, 0.717) is 11.4 Å². The van der Waals surface area contributed by atoms with Crippen LogP contribution in [0.25, 0.3) is 0 Å². The molecule has 2 aromatic rings. The molecule has 7 heteroatoms. The highest BCUT2D eigenvalue weighted by atomic mass is 79.9. The second-order valence-electron chi connectivity index (χ2n) is 2.67. The molecular formula is C8H6BrN3O2S. The molecule has 15 heavy (non-hydrogen) atoms. The molecule has 0 aliphatic rings. The lowest BCUT2D eigenvalue weighted by molar-refractivity contribution is 0.0950. The molecule has 78 valence electrons. The van der Waals surface area contributed by atoms with Gasteiger partial charge in [0.2, 0.25) is 6.39 Å². The van der Waals surface area contributed by atoms with Crippen molar-refractivity contribution >= 4 is 33.2 Å². The van der Waals surface area contributed by atoms with Crippen molar-refractivity contribution in [2.24, 2.45) is 0 Å². The van der Waals surface area contributed by atoms with E-state index in [-0.39, 0.29) is 12.5 Å². The zero-order valence-corrected chi connectivity index (χ0v) is 9.84. The molecule has 2 aromatic heterocycles. The summed E-state index contributed by atoms with van der Waals surface area (Å²) in [6.07, 6.45) is 1.22. The fourth-order valence-corrected chi connectivity index (χ4v) is 2.10. The number of halogens is 1. The molecule has 0 radical (unpaired) electrons. The molecule has 2 heterocycles. The number of hydrogen-bond donors (Lipinski definition) is 1. The van der Waals surface area contributed by atoms with Crippen LogP contribution in [0, 0.1) is 0 Å². The number of carbonyl (C=O) groups is 1. The van der Waals surface area contributed by atoms with Gasteiger partial charge in [0, 0.05) is 5.38 Å². The fraction of sp³-hybridized carbons (Fsp3) is 0.125. The van der Waals surface area contributed by atoms with Gasteiger partial charge in [-0.15, -0.1) is 11.3 Å². The lowest BCUT2D eigenvalue weighted by Gasteiger charge is -1.98. The third-order valence-electron chi connectivity index (χ3n) is 1.64. The summed E-state index contributed by atoms with van der Waals surface area (Å²) in [5.74, 6) is 0.305. The maximum Gasteiger partial charge on any atom is 0.252 e. The summed E-state index contributed by atoms with van der Waals surface area (Å²) < 4.78 is 5.46. The Morgan fingerprint density at radius 2 is 2.53 bits per heavy atom. The van der Waals surface area contributed by atoms with Crippen LogP contribution in [0.1, 0.15) is 16.2 Å². The van der Waals surface area contributed by atoms with Crippen molar-refractivity contribution in [2.75, 3.05) is 0 Å². The van der Waals surface area contributed by atoms with Crippen molar-refractivity contribution in [1.29, 1.82) is 0 Å². The summed E-state index contributed by atoms with van der Waals surface area (Å²) in [6.45, 7) is 0.267.